The predicted octanol–water partition coefficient (Wildman–Crippen LogP) is 3.02. The Hall–Kier alpha value is -0.430. The highest BCUT2D eigenvalue weighted by Crippen LogP contribution is 2.27. The summed E-state index contributed by atoms with van der Waals surface area (Å²) in [6.07, 6.45) is 4.24. The largest absolute Gasteiger partial charge is 0.315 e. The quantitative estimate of drug-likeness (QED) is 0.688. The lowest BCUT2D eigenvalue weighted by Gasteiger charge is -2.15. The molecule has 1 aromatic heterocycles. The normalized spacial score (nSPS) is 13.6. The average Bonchev–Trinajstić information content (AvgIpc) is 2.71. The Morgan fingerprint density at radius 1 is 1.35 bits per heavy atom. The summed E-state index contributed by atoms with van der Waals surface area (Å²) in [7, 11) is -1.59. The fourth-order valence-electron chi connectivity index (χ4n) is 2.21. The molecule has 20 heavy (non-hydrogen) atoms. The molecule has 1 atom stereocenters. The minimum Gasteiger partial charge on any atom is -0.315 e. The van der Waals surface area contributed by atoms with Crippen molar-refractivity contribution in [3.8, 4) is 0 Å². The van der Waals surface area contributed by atoms with Crippen LogP contribution in [0.1, 0.15) is 50.0 Å². The van der Waals surface area contributed by atoms with Crippen LogP contribution in [0.3, 0.4) is 0 Å². The molecule has 2 N–H and O–H groups in total. The van der Waals surface area contributed by atoms with Crippen LogP contribution in [-0.4, -0.2) is 21.5 Å². The Balaban J connectivity index is 2.80. The lowest BCUT2D eigenvalue weighted by Crippen LogP contribution is -2.33. The van der Waals surface area contributed by atoms with Gasteiger partial charge in [0.15, 0.2) is 0 Å². The first-order chi connectivity index (χ1) is 9.42. The fraction of sp³-hybridized carbons (Fsp3) is 0.714. The lowest BCUT2D eigenvalue weighted by atomic mass is 10.1. The molecule has 0 fully saturated rings. The van der Waals surface area contributed by atoms with Crippen LogP contribution in [0.25, 0.3) is 0 Å². The molecular formula is C14H26N2O2S2. The average molecular weight is 319 g/mol. The zero-order chi connectivity index (χ0) is 15.2. The van der Waals surface area contributed by atoms with E-state index in [0.717, 1.165) is 36.1 Å². The first-order valence-corrected chi connectivity index (χ1v) is 9.52. The van der Waals surface area contributed by atoms with Crippen LogP contribution in [-0.2, 0) is 16.6 Å². The minimum absolute atomic E-state index is 0.0201. The van der Waals surface area contributed by atoms with Crippen LogP contribution in [0.15, 0.2) is 10.3 Å². The number of aryl methyl sites for hydroxylation is 1. The number of sulfonamides is 1. The maximum Gasteiger partial charge on any atom is 0.242 e. The molecule has 6 heteroatoms. The van der Waals surface area contributed by atoms with Gasteiger partial charge in [-0.2, -0.15) is 0 Å². The molecule has 0 saturated carbocycles. The molecule has 0 aliphatic rings. The van der Waals surface area contributed by atoms with Gasteiger partial charge in [-0.15, -0.1) is 11.3 Å². The monoisotopic (exact) mass is 318 g/mol. The number of unbranched alkanes of at least 4 members (excludes halogenated alkanes) is 2. The molecule has 0 radical (unpaired) electrons. The summed E-state index contributed by atoms with van der Waals surface area (Å²) < 4.78 is 27.8. The van der Waals surface area contributed by atoms with E-state index in [1.807, 2.05) is 26.3 Å². The Kier molecular flexibility index (Phi) is 7.15. The molecule has 1 rings (SSSR count). The molecule has 1 aromatic rings. The molecule has 116 valence electrons. The van der Waals surface area contributed by atoms with E-state index in [1.54, 1.807) is 0 Å². The maximum absolute atomic E-state index is 12.5. The van der Waals surface area contributed by atoms with E-state index in [4.69, 9.17) is 0 Å². The number of rotatable bonds is 9. The highest BCUT2D eigenvalue weighted by molar-refractivity contribution is 7.89. The molecule has 0 amide bonds. The van der Waals surface area contributed by atoms with E-state index in [9.17, 15) is 8.42 Å². The summed E-state index contributed by atoms with van der Waals surface area (Å²) in [6.45, 7) is 6.52. The van der Waals surface area contributed by atoms with E-state index in [0.29, 0.717) is 11.4 Å². The predicted molar refractivity (Wildman–Crippen MR) is 85.7 cm³/mol. The topological polar surface area (TPSA) is 58.2 Å². The van der Waals surface area contributed by atoms with E-state index in [1.165, 1.54) is 11.3 Å². The molecule has 1 heterocycles. The zero-order valence-corrected chi connectivity index (χ0v) is 14.5. The first-order valence-electron chi connectivity index (χ1n) is 7.16. The summed E-state index contributed by atoms with van der Waals surface area (Å²) in [4.78, 5) is 1.33. The van der Waals surface area contributed by atoms with Crippen molar-refractivity contribution < 1.29 is 8.42 Å². The number of nitrogens with one attached hydrogen (secondary N) is 2. The Morgan fingerprint density at radius 3 is 2.65 bits per heavy atom. The van der Waals surface area contributed by atoms with Gasteiger partial charge in [0.25, 0.3) is 0 Å². The summed E-state index contributed by atoms with van der Waals surface area (Å²) >= 11 is 1.49. The molecule has 0 bridgehead atoms. The summed E-state index contributed by atoms with van der Waals surface area (Å²) in [6, 6.07) is -0.0201. The van der Waals surface area contributed by atoms with Gasteiger partial charge in [0.1, 0.15) is 4.90 Å². The van der Waals surface area contributed by atoms with Gasteiger partial charge in [0.05, 0.1) is 0 Å². The van der Waals surface area contributed by atoms with E-state index < -0.39 is 10.0 Å². The second-order valence-corrected chi connectivity index (χ2v) is 7.83. The van der Waals surface area contributed by atoms with Crippen molar-refractivity contribution in [1.82, 2.24) is 10.0 Å². The molecular weight excluding hydrogens is 292 g/mol. The van der Waals surface area contributed by atoms with Crippen molar-refractivity contribution in [3.63, 3.8) is 0 Å². The second-order valence-electron chi connectivity index (χ2n) is 5.22. The van der Waals surface area contributed by atoms with Gasteiger partial charge in [-0.25, -0.2) is 13.1 Å². The van der Waals surface area contributed by atoms with Crippen LogP contribution in [0.4, 0.5) is 0 Å². The third kappa shape index (κ3) is 4.84. The molecule has 0 aliphatic heterocycles. The smallest absolute Gasteiger partial charge is 0.242 e. The van der Waals surface area contributed by atoms with Crippen molar-refractivity contribution in [2.24, 2.45) is 0 Å². The van der Waals surface area contributed by atoms with Gasteiger partial charge < -0.3 is 5.32 Å². The molecule has 0 aliphatic carbocycles. The van der Waals surface area contributed by atoms with Gasteiger partial charge >= 0.3 is 0 Å². The molecule has 1 unspecified atom stereocenters. The third-order valence-electron chi connectivity index (χ3n) is 3.19. The van der Waals surface area contributed by atoms with Gasteiger partial charge in [0.2, 0.25) is 10.0 Å². The van der Waals surface area contributed by atoms with Gasteiger partial charge in [-0.1, -0.05) is 26.2 Å². The first kappa shape index (κ1) is 17.6. The highest BCUT2D eigenvalue weighted by Gasteiger charge is 2.24. The van der Waals surface area contributed by atoms with Gasteiger partial charge in [-0.3, -0.25) is 0 Å². The second kappa shape index (κ2) is 8.12. The van der Waals surface area contributed by atoms with Crippen LogP contribution < -0.4 is 10.0 Å². The number of thiophene rings is 1. The highest BCUT2D eigenvalue weighted by atomic mass is 32.2. The summed E-state index contributed by atoms with van der Waals surface area (Å²) in [5, 5.41) is 4.93. The maximum atomic E-state index is 12.5. The number of hydrogen-bond donors (Lipinski definition) is 2. The van der Waals surface area contributed by atoms with Crippen LogP contribution >= 0.6 is 11.3 Å². The lowest BCUT2D eigenvalue weighted by molar-refractivity contribution is 0.526. The molecule has 0 spiro atoms. The Bertz CT molecular complexity index is 509. The van der Waals surface area contributed by atoms with Crippen molar-refractivity contribution >= 4 is 21.4 Å². The van der Waals surface area contributed by atoms with E-state index in [-0.39, 0.29) is 6.04 Å². The van der Waals surface area contributed by atoms with Crippen molar-refractivity contribution in [2.45, 2.75) is 63.9 Å². The van der Waals surface area contributed by atoms with Crippen LogP contribution in [0.2, 0.25) is 0 Å². The van der Waals surface area contributed by atoms with Crippen molar-refractivity contribution in [2.75, 3.05) is 7.05 Å². The molecule has 4 nitrogen and oxygen atoms in total. The molecule has 0 saturated heterocycles. The minimum atomic E-state index is -3.42. The summed E-state index contributed by atoms with van der Waals surface area (Å²) in [5.41, 5.74) is 0.827. The number of hydrogen-bond acceptors (Lipinski definition) is 4. The zero-order valence-electron chi connectivity index (χ0n) is 12.8. The standard InChI is InChI=1S/C14H26N2O2S2/c1-5-6-7-8-12(3)16-20(17,18)14-11(2)10-19-13(14)9-15-4/h10,12,15-16H,5-9H2,1-4H3. The van der Waals surface area contributed by atoms with Gasteiger partial charge in [0, 0.05) is 17.5 Å². The van der Waals surface area contributed by atoms with E-state index >= 15 is 0 Å². The van der Waals surface area contributed by atoms with Crippen LogP contribution in [0, 0.1) is 6.92 Å². The van der Waals surface area contributed by atoms with Crippen molar-refractivity contribution in [1.29, 1.82) is 0 Å². The van der Waals surface area contributed by atoms with Gasteiger partial charge in [-0.05, 0) is 38.3 Å². The van der Waals surface area contributed by atoms with Crippen molar-refractivity contribution in [3.05, 3.63) is 15.8 Å². The Labute approximate surface area is 127 Å². The fourth-order valence-corrected chi connectivity index (χ4v) is 5.31. The molecule has 0 aromatic carbocycles. The summed E-state index contributed by atoms with van der Waals surface area (Å²) in [5.74, 6) is 0. The Morgan fingerprint density at radius 2 is 2.05 bits per heavy atom. The van der Waals surface area contributed by atoms with Crippen LogP contribution in [0.5, 0.6) is 0 Å². The SMILES string of the molecule is CCCCCC(C)NS(=O)(=O)c1c(C)csc1CNC. The third-order valence-corrected chi connectivity index (χ3v) is 6.24. The van der Waals surface area contributed by atoms with E-state index in [2.05, 4.69) is 17.0 Å².